The first-order valence-corrected chi connectivity index (χ1v) is 11.5. The van der Waals surface area contributed by atoms with Gasteiger partial charge >= 0.3 is 0 Å². The summed E-state index contributed by atoms with van der Waals surface area (Å²) in [6.45, 7) is 8.42. The third-order valence-corrected chi connectivity index (χ3v) is 7.11. The summed E-state index contributed by atoms with van der Waals surface area (Å²) in [6.07, 6.45) is 1.83. The van der Waals surface area contributed by atoms with Gasteiger partial charge in [-0.15, -0.1) is 11.3 Å². The van der Waals surface area contributed by atoms with Crippen LogP contribution in [0.4, 0.5) is 5.69 Å². The smallest absolute Gasteiger partial charge is 0.263 e. The van der Waals surface area contributed by atoms with Gasteiger partial charge in [-0.1, -0.05) is 25.1 Å². The highest BCUT2D eigenvalue weighted by atomic mass is 32.2. The zero-order chi connectivity index (χ0) is 21.8. The van der Waals surface area contributed by atoms with Gasteiger partial charge in [-0.05, 0) is 57.0 Å². The maximum absolute atomic E-state index is 13.2. The maximum atomic E-state index is 13.2. The van der Waals surface area contributed by atoms with Gasteiger partial charge in [-0.3, -0.25) is 14.2 Å². The Morgan fingerprint density at radius 3 is 2.67 bits per heavy atom. The minimum atomic E-state index is -0.444. The molecule has 0 radical (unpaired) electrons. The molecule has 2 heterocycles. The van der Waals surface area contributed by atoms with Gasteiger partial charge in [0.1, 0.15) is 4.83 Å². The average molecular weight is 441 g/mol. The number of nitriles is 1. The van der Waals surface area contributed by atoms with E-state index in [2.05, 4.69) is 18.3 Å². The van der Waals surface area contributed by atoms with Gasteiger partial charge in [0, 0.05) is 17.1 Å². The first-order chi connectivity index (χ1) is 14.3. The molecular formula is C22H24N4O2S2. The van der Waals surface area contributed by atoms with E-state index in [9.17, 15) is 9.59 Å². The normalized spacial score (nSPS) is 12.0. The number of hydrogen-bond donors (Lipinski definition) is 1. The number of anilines is 1. The molecule has 8 heteroatoms. The molecular weight excluding hydrogens is 416 g/mol. The van der Waals surface area contributed by atoms with E-state index in [-0.39, 0.29) is 11.5 Å². The summed E-state index contributed by atoms with van der Waals surface area (Å²) >= 11 is 2.81. The van der Waals surface area contributed by atoms with Crippen LogP contribution in [0.1, 0.15) is 42.7 Å². The topological polar surface area (TPSA) is 87.8 Å². The summed E-state index contributed by atoms with van der Waals surface area (Å²) in [5.74, 6) is -0.181. The van der Waals surface area contributed by atoms with Crippen LogP contribution in [-0.4, -0.2) is 20.7 Å². The lowest BCUT2D eigenvalue weighted by Gasteiger charge is -2.15. The predicted molar refractivity (Wildman–Crippen MR) is 123 cm³/mol. The fraction of sp³-hybridized carbons (Fsp3) is 0.364. The highest BCUT2D eigenvalue weighted by Gasteiger charge is 2.21. The summed E-state index contributed by atoms with van der Waals surface area (Å²) in [7, 11) is 0. The van der Waals surface area contributed by atoms with E-state index in [1.165, 1.54) is 23.1 Å². The number of rotatable bonds is 7. The van der Waals surface area contributed by atoms with Crippen molar-refractivity contribution in [3.63, 3.8) is 0 Å². The molecule has 0 aliphatic heterocycles. The van der Waals surface area contributed by atoms with Crippen molar-refractivity contribution in [3.05, 3.63) is 50.6 Å². The molecule has 0 saturated carbocycles. The zero-order valence-corrected chi connectivity index (χ0v) is 19.1. The summed E-state index contributed by atoms with van der Waals surface area (Å²) in [6, 6.07) is 8.78. The zero-order valence-electron chi connectivity index (χ0n) is 17.5. The SMILES string of the molecule is CCCCn1c(SC(C)C(=O)Nc2ccc(C#N)cc2)nc2sc(C)c(C)c2c1=O. The number of nitrogens with one attached hydrogen (secondary N) is 1. The minimum Gasteiger partial charge on any atom is -0.325 e. The Kier molecular flexibility index (Phi) is 6.95. The Labute approximate surface area is 183 Å². The Bertz CT molecular complexity index is 1170. The van der Waals surface area contributed by atoms with E-state index < -0.39 is 5.25 Å². The molecule has 1 atom stereocenters. The van der Waals surface area contributed by atoms with Crippen LogP contribution in [0.2, 0.25) is 0 Å². The Balaban J connectivity index is 1.88. The first kappa shape index (κ1) is 22.1. The Morgan fingerprint density at radius 2 is 2.03 bits per heavy atom. The molecule has 2 aromatic heterocycles. The molecule has 0 fully saturated rings. The molecule has 1 unspecified atom stereocenters. The van der Waals surface area contributed by atoms with Gasteiger partial charge in [-0.25, -0.2) is 4.98 Å². The first-order valence-electron chi connectivity index (χ1n) is 9.84. The number of nitrogens with zero attached hydrogens (tertiary/aromatic N) is 3. The van der Waals surface area contributed by atoms with Gasteiger partial charge < -0.3 is 5.32 Å². The number of unbranched alkanes of at least 4 members (excludes halogenated alkanes) is 1. The number of thiophene rings is 1. The predicted octanol–water partition coefficient (Wildman–Crippen LogP) is 4.87. The number of carbonyl (C=O) groups is 1. The average Bonchev–Trinajstić information content (AvgIpc) is 3.01. The van der Waals surface area contributed by atoms with Crippen molar-refractivity contribution in [1.82, 2.24) is 9.55 Å². The number of aryl methyl sites for hydroxylation is 2. The number of thioether (sulfide) groups is 1. The van der Waals surface area contributed by atoms with Crippen molar-refractivity contribution in [2.45, 2.75) is 57.5 Å². The van der Waals surface area contributed by atoms with E-state index in [4.69, 9.17) is 10.2 Å². The molecule has 0 aliphatic rings. The fourth-order valence-corrected chi connectivity index (χ4v) is 5.00. The number of fused-ring (bicyclic) bond motifs is 1. The molecule has 0 spiro atoms. The van der Waals surface area contributed by atoms with Crippen molar-refractivity contribution >= 4 is 44.9 Å². The largest absolute Gasteiger partial charge is 0.325 e. The lowest BCUT2D eigenvalue weighted by Crippen LogP contribution is -2.27. The lowest BCUT2D eigenvalue weighted by molar-refractivity contribution is -0.115. The lowest BCUT2D eigenvalue weighted by atomic mass is 10.2. The van der Waals surface area contributed by atoms with Crippen molar-refractivity contribution < 1.29 is 4.79 Å². The van der Waals surface area contributed by atoms with Crippen LogP contribution in [0, 0.1) is 25.2 Å². The third-order valence-electron chi connectivity index (χ3n) is 4.92. The van der Waals surface area contributed by atoms with Crippen LogP contribution in [-0.2, 0) is 11.3 Å². The quantitative estimate of drug-likeness (QED) is 0.418. The molecule has 1 N–H and O–H groups in total. The summed E-state index contributed by atoms with van der Waals surface area (Å²) < 4.78 is 1.71. The molecule has 30 heavy (non-hydrogen) atoms. The second kappa shape index (κ2) is 9.45. The van der Waals surface area contributed by atoms with Crippen molar-refractivity contribution in [1.29, 1.82) is 5.26 Å². The van der Waals surface area contributed by atoms with Crippen LogP contribution < -0.4 is 10.9 Å². The van der Waals surface area contributed by atoms with Crippen LogP contribution in [0.3, 0.4) is 0 Å². The second-order valence-electron chi connectivity index (χ2n) is 7.11. The highest BCUT2D eigenvalue weighted by molar-refractivity contribution is 8.00. The summed E-state index contributed by atoms with van der Waals surface area (Å²) in [4.78, 5) is 32.4. The second-order valence-corrected chi connectivity index (χ2v) is 9.62. The number of carbonyl (C=O) groups excluding carboxylic acids is 1. The molecule has 0 aliphatic carbocycles. The molecule has 3 aromatic rings. The standard InChI is InChI=1S/C22H24N4O2S2/c1-5-6-11-26-21(28)18-13(2)14(3)29-20(18)25-22(26)30-15(4)19(27)24-17-9-7-16(12-23)8-10-17/h7-10,15H,5-6,11H2,1-4H3,(H,24,27). The molecule has 1 aromatic carbocycles. The number of benzene rings is 1. The van der Waals surface area contributed by atoms with Gasteiger partial charge in [0.2, 0.25) is 5.91 Å². The van der Waals surface area contributed by atoms with E-state index in [1.54, 1.807) is 35.8 Å². The summed E-state index contributed by atoms with van der Waals surface area (Å²) in [5, 5.41) is 12.6. The fourth-order valence-electron chi connectivity index (χ4n) is 3.00. The molecule has 0 bridgehead atoms. The Morgan fingerprint density at radius 1 is 1.33 bits per heavy atom. The van der Waals surface area contributed by atoms with Crippen molar-refractivity contribution in [2.75, 3.05) is 5.32 Å². The van der Waals surface area contributed by atoms with E-state index >= 15 is 0 Å². The van der Waals surface area contributed by atoms with Gasteiger partial charge in [0.05, 0.1) is 22.3 Å². The molecule has 0 saturated heterocycles. The molecule has 156 valence electrons. The van der Waals surface area contributed by atoms with E-state index in [1.807, 2.05) is 13.8 Å². The molecule has 1 amide bonds. The van der Waals surface area contributed by atoms with Crippen molar-refractivity contribution in [2.24, 2.45) is 0 Å². The monoisotopic (exact) mass is 440 g/mol. The Hall–Kier alpha value is -2.63. The van der Waals surface area contributed by atoms with Crippen LogP contribution in [0.5, 0.6) is 0 Å². The van der Waals surface area contributed by atoms with Crippen LogP contribution >= 0.6 is 23.1 Å². The highest BCUT2D eigenvalue weighted by Crippen LogP contribution is 2.30. The van der Waals surface area contributed by atoms with E-state index in [0.717, 1.165) is 28.1 Å². The van der Waals surface area contributed by atoms with Crippen LogP contribution in [0.25, 0.3) is 10.2 Å². The number of amides is 1. The number of aromatic nitrogens is 2. The number of hydrogen-bond acceptors (Lipinski definition) is 6. The minimum absolute atomic E-state index is 0.0301. The van der Waals surface area contributed by atoms with Gasteiger partial charge in [0.25, 0.3) is 5.56 Å². The van der Waals surface area contributed by atoms with Gasteiger partial charge in [-0.2, -0.15) is 5.26 Å². The van der Waals surface area contributed by atoms with Crippen LogP contribution in [0.15, 0.2) is 34.2 Å². The molecule has 3 rings (SSSR count). The van der Waals surface area contributed by atoms with E-state index in [0.29, 0.717) is 28.3 Å². The maximum Gasteiger partial charge on any atom is 0.263 e. The van der Waals surface area contributed by atoms with Gasteiger partial charge in [0.15, 0.2) is 5.16 Å². The molecule has 6 nitrogen and oxygen atoms in total. The van der Waals surface area contributed by atoms with Crippen molar-refractivity contribution in [3.8, 4) is 6.07 Å². The third kappa shape index (κ3) is 4.58. The summed E-state index contributed by atoms with van der Waals surface area (Å²) in [5.41, 5.74) is 2.12.